The Hall–Kier alpha value is -0.800. The number of aryl methyl sites for hydroxylation is 1. The SMILES string of the molecule is Cc1ccc2c(c1)CC(CC(CBr)c1ccc(Br)cc1)O2. The van der Waals surface area contributed by atoms with E-state index in [0.717, 1.165) is 28.4 Å². The molecule has 1 heterocycles. The van der Waals surface area contributed by atoms with E-state index < -0.39 is 0 Å². The van der Waals surface area contributed by atoms with Crippen molar-refractivity contribution < 1.29 is 4.74 Å². The molecule has 3 rings (SSSR count). The van der Waals surface area contributed by atoms with Gasteiger partial charge in [0.1, 0.15) is 11.9 Å². The molecule has 3 heteroatoms. The van der Waals surface area contributed by atoms with Crippen LogP contribution in [-0.2, 0) is 6.42 Å². The van der Waals surface area contributed by atoms with Crippen molar-refractivity contribution in [3.8, 4) is 5.75 Å². The summed E-state index contributed by atoms with van der Waals surface area (Å²) in [6, 6.07) is 15.1. The van der Waals surface area contributed by atoms with Gasteiger partial charge >= 0.3 is 0 Å². The maximum Gasteiger partial charge on any atom is 0.123 e. The van der Waals surface area contributed by atoms with Gasteiger partial charge in [-0.2, -0.15) is 0 Å². The van der Waals surface area contributed by atoms with E-state index >= 15 is 0 Å². The first-order valence-corrected chi connectivity index (χ1v) is 9.15. The highest BCUT2D eigenvalue weighted by atomic mass is 79.9. The third kappa shape index (κ3) is 3.51. The van der Waals surface area contributed by atoms with Gasteiger partial charge in [-0.1, -0.05) is 61.7 Å². The lowest BCUT2D eigenvalue weighted by molar-refractivity contribution is 0.213. The summed E-state index contributed by atoms with van der Waals surface area (Å²) in [6.07, 6.45) is 2.35. The molecule has 1 aliphatic heterocycles. The van der Waals surface area contributed by atoms with Gasteiger partial charge in [-0.25, -0.2) is 0 Å². The third-order valence-electron chi connectivity index (χ3n) is 4.03. The van der Waals surface area contributed by atoms with Crippen molar-refractivity contribution >= 4 is 31.9 Å². The zero-order valence-corrected chi connectivity index (χ0v) is 15.2. The molecule has 2 atom stereocenters. The van der Waals surface area contributed by atoms with E-state index in [4.69, 9.17) is 4.74 Å². The standard InChI is InChI=1S/C18H18Br2O/c1-12-2-7-18-14(8-12)9-17(21-18)10-15(11-19)13-3-5-16(20)6-4-13/h2-8,15,17H,9-11H2,1H3. The summed E-state index contributed by atoms with van der Waals surface area (Å²) >= 11 is 7.15. The molecule has 1 aliphatic rings. The Balaban J connectivity index is 1.70. The fourth-order valence-electron chi connectivity index (χ4n) is 2.92. The van der Waals surface area contributed by atoms with E-state index in [1.54, 1.807) is 0 Å². The summed E-state index contributed by atoms with van der Waals surface area (Å²) in [7, 11) is 0. The molecular weight excluding hydrogens is 392 g/mol. The molecule has 0 radical (unpaired) electrons. The molecule has 1 nitrogen and oxygen atoms in total. The number of hydrogen-bond acceptors (Lipinski definition) is 1. The van der Waals surface area contributed by atoms with E-state index in [9.17, 15) is 0 Å². The molecule has 0 aliphatic carbocycles. The fraction of sp³-hybridized carbons (Fsp3) is 0.333. The second kappa shape index (κ2) is 6.53. The lowest BCUT2D eigenvalue weighted by Gasteiger charge is -2.19. The molecule has 2 unspecified atom stereocenters. The lowest BCUT2D eigenvalue weighted by Crippen LogP contribution is -2.18. The minimum absolute atomic E-state index is 0.285. The number of rotatable bonds is 4. The quantitative estimate of drug-likeness (QED) is 0.594. The first-order chi connectivity index (χ1) is 10.2. The molecular formula is C18H18Br2O. The molecule has 0 fully saturated rings. The van der Waals surface area contributed by atoms with Crippen molar-refractivity contribution in [2.24, 2.45) is 0 Å². The van der Waals surface area contributed by atoms with Crippen molar-refractivity contribution in [1.82, 2.24) is 0 Å². The number of fused-ring (bicyclic) bond motifs is 1. The van der Waals surface area contributed by atoms with Gasteiger partial charge < -0.3 is 4.74 Å². The zero-order chi connectivity index (χ0) is 14.8. The van der Waals surface area contributed by atoms with E-state index in [1.807, 2.05) is 0 Å². The summed E-state index contributed by atoms with van der Waals surface area (Å²) in [5, 5.41) is 0.962. The van der Waals surface area contributed by atoms with Crippen LogP contribution in [-0.4, -0.2) is 11.4 Å². The fourth-order valence-corrected chi connectivity index (χ4v) is 3.82. The first kappa shape index (κ1) is 15.1. The largest absolute Gasteiger partial charge is 0.490 e. The van der Waals surface area contributed by atoms with Gasteiger partial charge in [0.05, 0.1) is 0 Å². The smallest absolute Gasteiger partial charge is 0.123 e. The average Bonchev–Trinajstić information content (AvgIpc) is 2.87. The second-order valence-corrected chi connectivity index (χ2v) is 7.26. The molecule has 0 aromatic heterocycles. The van der Waals surface area contributed by atoms with Crippen LogP contribution in [0.2, 0.25) is 0 Å². The number of benzene rings is 2. The maximum atomic E-state index is 6.11. The number of halogens is 2. The number of ether oxygens (including phenoxy) is 1. The van der Waals surface area contributed by atoms with E-state index in [-0.39, 0.29) is 6.10 Å². The predicted molar refractivity (Wildman–Crippen MR) is 94.6 cm³/mol. The normalized spacial score (nSPS) is 18.1. The molecule has 21 heavy (non-hydrogen) atoms. The van der Waals surface area contributed by atoms with Crippen molar-refractivity contribution in [3.63, 3.8) is 0 Å². The lowest BCUT2D eigenvalue weighted by atomic mass is 9.93. The van der Waals surface area contributed by atoms with Crippen LogP contribution in [0.1, 0.15) is 29.0 Å². The summed E-state index contributed by atoms with van der Waals surface area (Å²) < 4.78 is 7.23. The molecule has 0 saturated carbocycles. The second-order valence-electron chi connectivity index (χ2n) is 5.69. The van der Waals surface area contributed by atoms with Crippen LogP contribution in [0, 0.1) is 6.92 Å². The van der Waals surface area contributed by atoms with Crippen molar-refractivity contribution in [1.29, 1.82) is 0 Å². The van der Waals surface area contributed by atoms with Crippen molar-refractivity contribution in [3.05, 3.63) is 63.6 Å². The monoisotopic (exact) mass is 408 g/mol. The summed E-state index contributed by atoms with van der Waals surface area (Å²) in [5.74, 6) is 1.55. The van der Waals surface area contributed by atoms with E-state index in [2.05, 4.69) is 81.2 Å². The van der Waals surface area contributed by atoms with Crippen LogP contribution in [0.25, 0.3) is 0 Å². The molecule has 110 valence electrons. The topological polar surface area (TPSA) is 9.23 Å². The molecule has 2 aromatic rings. The van der Waals surface area contributed by atoms with E-state index in [0.29, 0.717) is 5.92 Å². The van der Waals surface area contributed by atoms with Crippen LogP contribution in [0.4, 0.5) is 0 Å². The molecule has 0 spiro atoms. The first-order valence-electron chi connectivity index (χ1n) is 7.23. The Kier molecular flexibility index (Phi) is 4.70. The highest BCUT2D eigenvalue weighted by Gasteiger charge is 2.26. The van der Waals surface area contributed by atoms with Gasteiger partial charge in [0.25, 0.3) is 0 Å². The van der Waals surface area contributed by atoms with Crippen LogP contribution < -0.4 is 4.74 Å². The molecule has 0 N–H and O–H groups in total. The van der Waals surface area contributed by atoms with Crippen LogP contribution in [0.5, 0.6) is 5.75 Å². The zero-order valence-electron chi connectivity index (χ0n) is 12.0. The van der Waals surface area contributed by atoms with Crippen LogP contribution in [0.15, 0.2) is 46.9 Å². The highest BCUT2D eigenvalue weighted by molar-refractivity contribution is 9.10. The van der Waals surface area contributed by atoms with Crippen molar-refractivity contribution in [2.45, 2.75) is 31.8 Å². The predicted octanol–water partition coefficient (Wildman–Crippen LogP) is 5.63. The van der Waals surface area contributed by atoms with Gasteiger partial charge in [0.15, 0.2) is 0 Å². The molecule has 0 bridgehead atoms. The highest BCUT2D eigenvalue weighted by Crippen LogP contribution is 2.34. The van der Waals surface area contributed by atoms with Gasteiger partial charge in [0.2, 0.25) is 0 Å². The van der Waals surface area contributed by atoms with Gasteiger partial charge in [0, 0.05) is 16.2 Å². The van der Waals surface area contributed by atoms with Gasteiger partial charge in [-0.3, -0.25) is 0 Å². The Morgan fingerprint density at radius 1 is 1.19 bits per heavy atom. The van der Waals surface area contributed by atoms with Gasteiger partial charge in [-0.05, 0) is 48.6 Å². The molecule has 0 amide bonds. The Morgan fingerprint density at radius 2 is 1.95 bits per heavy atom. The summed E-state index contributed by atoms with van der Waals surface area (Å²) in [4.78, 5) is 0. The van der Waals surface area contributed by atoms with Crippen LogP contribution in [0.3, 0.4) is 0 Å². The number of alkyl halides is 1. The summed E-state index contributed by atoms with van der Waals surface area (Å²) in [5.41, 5.74) is 4.03. The van der Waals surface area contributed by atoms with E-state index in [1.165, 1.54) is 16.7 Å². The molecule has 0 saturated heterocycles. The minimum Gasteiger partial charge on any atom is -0.490 e. The Morgan fingerprint density at radius 3 is 2.67 bits per heavy atom. The summed E-state index contributed by atoms with van der Waals surface area (Å²) in [6.45, 7) is 2.14. The number of hydrogen-bond donors (Lipinski definition) is 0. The van der Waals surface area contributed by atoms with Crippen LogP contribution >= 0.6 is 31.9 Å². The Labute approximate surface area is 143 Å². The van der Waals surface area contributed by atoms with Gasteiger partial charge in [-0.15, -0.1) is 0 Å². The Bertz CT molecular complexity index is 622. The third-order valence-corrected chi connectivity index (χ3v) is 5.34. The average molecular weight is 410 g/mol. The molecule has 2 aromatic carbocycles. The van der Waals surface area contributed by atoms with Crippen molar-refractivity contribution in [2.75, 3.05) is 5.33 Å². The maximum absolute atomic E-state index is 6.11. The minimum atomic E-state index is 0.285.